The van der Waals surface area contributed by atoms with Crippen molar-refractivity contribution in [2.45, 2.75) is 64.8 Å². The maximum absolute atomic E-state index is 2.36. The van der Waals surface area contributed by atoms with Crippen molar-refractivity contribution < 1.29 is 16.9 Å². The quantitative estimate of drug-likeness (QED) is 0.435. The van der Waals surface area contributed by atoms with Gasteiger partial charge in [-0.1, -0.05) is 75.8 Å². The first kappa shape index (κ1) is 20.5. The predicted octanol–water partition coefficient (Wildman–Crippen LogP) is 2.41. The minimum atomic E-state index is 0. The first-order valence-corrected chi connectivity index (χ1v) is 8.50. The first-order chi connectivity index (χ1) is 9.64. The fourth-order valence-corrected chi connectivity index (χ4v) is 2.83. The van der Waals surface area contributed by atoms with E-state index in [2.05, 4.69) is 51.4 Å². The average Bonchev–Trinajstić information content (AvgIpc) is 2.42. The number of benzene rings is 1. The van der Waals surface area contributed by atoms with Crippen LogP contribution in [-0.2, 0) is 6.54 Å². The Kier molecular flexibility index (Phi) is 11.8. The molecule has 0 unspecified atom stereocenters. The Morgan fingerprint density at radius 1 is 0.762 bits per heavy atom. The van der Waals surface area contributed by atoms with Gasteiger partial charge in [-0.15, -0.1) is 0 Å². The summed E-state index contributed by atoms with van der Waals surface area (Å²) in [5.41, 5.74) is 1.46. The monoisotopic (exact) mass is 311 g/mol. The Morgan fingerprint density at radius 2 is 1.29 bits per heavy atom. The van der Waals surface area contributed by atoms with E-state index in [1.807, 2.05) is 0 Å². The molecule has 0 atom stereocenters. The molecule has 0 aliphatic carbocycles. The van der Waals surface area contributed by atoms with E-state index in [1.165, 1.54) is 63.5 Å². The average molecular weight is 312 g/mol. The third-order valence-electron chi connectivity index (χ3n) is 4.07. The molecule has 0 bridgehead atoms. The van der Waals surface area contributed by atoms with Crippen molar-refractivity contribution in [1.29, 1.82) is 0 Å². The lowest BCUT2D eigenvalue weighted by molar-refractivity contribution is -0.903. The minimum Gasteiger partial charge on any atom is -1.00 e. The predicted molar refractivity (Wildman–Crippen MR) is 89.7 cm³/mol. The molecule has 0 radical (unpaired) electrons. The van der Waals surface area contributed by atoms with Crippen LogP contribution in [0, 0.1) is 0 Å². The second-order valence-corrected chi connectivity index (χ2v) is 6.78. The van der Waals surface area contributed by atoms with Crippen molar-refractivity contribution in [1.82, 2.24) is 0 Å². The molecule has 0 N–H and O–H groups in total. The highest BCUT2D eigenvalue weighted by atomic mass is 35.5. The summed E-state index contributed by atoms with van der Waals surface area (Å²) in [6, 6.07) is 10.9. The number of quaternary nitrogens is 1. The van der Waals surface area contributed by atoms with Crippen molar-refractivity contribution in [2.75, 3.05) is 20.6 Å². The molecule has 0 aromatic heterocycles. The van der Waals surface area contributed by atoms with E-state index in [0.29, 0.717) is 0 Å². The van der Waals surface area contributed by atoms with Gasteiger partial charge >= 0.3 is 0 Å². The highest BCUT2D eigenvalue weighted by Crippen LogP contribution is 2.13. The Morgan fingerprint density at radius 3 is 1.86 bits per heavy atom. The molecule has 2 heteroatoms. The van der Waals surface area contributed by atoms with Crippen molar-refractivity contribution in [3.8, 4) is 0 Å². The topological polar surface area (TPSA) is 0 Å². The normalized spacial score (nSPS) is 11.2. The maximum atomic E-state index is 2.36. The zero-order chi connectivity index (χ0) is 14.7. The highest BCUT2D eigenvalue weighted by molar-refractivity contribution is 5.13. The Balaban J connectivity index is 0.00000400. The van der Waals surface area contributed by atoms with E-state index in [1.54, 1.807) is 0 Å². The van der Waals surface area contributed by atoms with Gasteiger partial charge in [0.25, 0.3) is 0 Å². The van der Waals surface area contributed by atoms with E-state index < -0.39 is 0 Å². The molecule has 21 heavy (non-hydrogen) atoms. The van der Waals surface area contributed by atoms with E-state index in [4.69, 9.17) is 0 Å². The zero-order valence-electron chi connectivity index (χ0n) is 14.3. The van der Waals surface area contributed by atoms with Gasteiger partial charge in [-0.2, -0.15) is 0 Å². The van der Waals surface area contributed by atoms with Crippen LogP contribution >= 0.6 is 0 Å². The van der Waals surface area contributed by atoms with Crippen LogP contribution in [0.1, 0.15) is 63.9 Å². The van der Waals surface area contributed by atoms with Gasteiger partial charge in [-0.05, 0) is 12.8 Å². The molecular formula is C19H34ClN. The highest BCUT2D eigenvalue weighted by Gasteiger charge is 2.14. The third-order valence-corrected chi connectivity index (χ3v) is 4.07. The van der Waals surface area contributed by atoms with Crippen LogP contribution in [0.5, 0.6) is 0 Å². The molecule has 1 nitrogen and oxygen atoms in total. The van der Waals surface area contributed by atoms with Gasteiger partial charge in [0.1, 0.15) is 6.54 Å². The Labute approximate surface area is 138 Å². The van der Waals surface area contributed by atoms with Crippen LogP contribution in [-0.4, -0.2) is 25.1 Å². The summed E-state index contributed by atoms with van der Waals surface area (Å²) in [6.45, 7) is 4.73. The zero-order valence-corrected chi connectivity index (χ0v) is 15.0. The standard InChI is InChI=1S/C19H34N.ClH/c1-4-5-6-7-8-9-10-14-17-20(2,3)18-19-15-12-11-13-16-19;/h11-13,15-16H,4-10,14,17-18H2,1-3H3;1H/q+1;/p-1. The van der Waals surface area contributed by atoms with Crippen molar-refractivity contribution in [3.63, 3.8) is 0 Å². The molecule has 1 aromatic rings. The van der Waals surface area contributed by atoms with Crippen LogP contribution in [0.25, 0.3) is 0 Å². The molecule has 0 heterocycles. The molecule has 0 fully saturated rings. The fraction of sp³-hybridized carbons (Fsp3) is 0.684. The van der Waals surface area contributed by atoms with Crippen molar-refractivity contribution in [3.05, 3.63) is 35.9 Å². The van der Waals surface area contributed by atoms with E-state index in [-0.39, 0.29) is 12.4 Å². The van der Waals surface area contributed by atoms with Gasteiger partial charge in [-0.3, -0.25) is 0 Å². The summed E-state index contributed by atoms with van der Waals surface area (Å²) >= 11 is 0. The van der Waals surface area contributed by atoms with Crippen LogP contribution in [0.3, 0.4) is 0 Å². The van der Waals surface area contributed by atoms with Gasteiger partial charge in [0, 0.05) is 5.56 Å². The molecule has 1 aromatic carbocycles. The minimum absolute atomic E-state index is 0. The molecule has 122 valence electrons. The van der Waals surface area contributed by atoms with Gasteiger partial charge in [-0.25, -0.2) is 0 Å². The molecule has 1 rings (SSSR count). The lowest BCUT2D eigenvalue weighted by Gasteiger charge is -2.30. The van der Waals surface area contributed by atoms with Gasteiger partial charge in [0.05, 0.1) is 20.6 Å². The molecule has 0 saturated carbocycles. The maximum Gasteiger partial charge on any atom is 0.104 e. The van der Waals surface area contributed by atoms with Crippen molar-refractivity contribution >= 4 is 0 Å². The number of unbranched alkanes of at least 4 members (excludes halogenated alkanes) is 7. The summed E-state index contributed by atoms with van der Waals surface area (Å²) in [4.78, 5) is 0. The van der Waals surface area contributed by atoms with Gasteiger partial charge in [0.2, 0.25) is 0 Å². The number of nitrogens with zero attached hydrogens (tertiary/aromatic N) is 1. The fourth-order valence-electron chi connectivity index (χ4n) is 2.83. The lowest BCUT2D eigenvalue weighted by atomic mass is 10.1. The number of hydrogen-bond acceptors (Lipinski definition) is 0. The Bertz CT molecular complexity index is 335. The van der Waals surface area contributed by atoms with E-state index >= 15 is 0 Å². The van der Waals surface area contributed by atoms with Crippen LogP contribution < -0.4 is 12.4 Å². The summed E-state index contributed by atoms with van der Waals surface area (Å²) in [5, 5.41) is 0. The molecule has 0 aliphatic heterocycles. The summed E-state index contributed by atoms with van der Waals surface area (Å²) in [6.07, 6.45) is 11.3. The van der Waals surface area contributed by atoms with Crippen molar-refractivity contribution in [2.24, 2.45) is 0 Å². The number of halogens is 1. The van der Waals surface area contributed by atoms with Crippen LogP contribution in [0.15, 0.2) is 30.3 Å². The second-order valence-electron chi connectivity index (χ2n) is 6.78. The number of hydrogen-bond donors (Lipinski definition) is 0. The lowest BCUT2D eigenvalue weighted by Crippen LogP contribution is -3.00. The Hall–Kier alpha value is -0.530. The SMILES string of the molecule is CCCCCCCCCC[N+](C)(C)Cc1ccccc1.[Cl-]. The number of rotatable bonds is 11. The molecule has 0 spiro atoms. The molecule has 0 aliphatic rings. The molecular weight excluding hydrogens is 278 g/mol. The first-order valence-electron chi connectivity index (χ1n) is 8.50. The van der Waals surface area contributed by atoms with E-state index in [0.717, 1.165) is 11.0 Å². The van der Waals surface area contributed by atoms with Gasteiger partial charge < -0.3 is 16.9 Å². The van der Waals surface area contributed by atoms with Crippen LogP contribution in [0.2, 0.25) is 0 Å². The smallest absolute Gasteiger partial charge is 0.104 e. The van der Waals surface area contributed by atoms with Gasteiger partial charge in [0.15, 0.2) is 0 Å². The summed E-state index contributed by atoms with van der Waals surface area (Å²) in [5.74, 6) is 0. The molecule has 0 saturated heterocycles. The largest absolute Gasteiger partial charge is 1.00 e. The molecule has 0 amide bonds. The van der Waals surface area contributed by atoms with E-state index in [9.17, 15) is 0 Å². The second kappa shape index (κ2) is 12.1. The van der Waals surface area contributed by atoms with Crippen LogP contribution in [0.4, 0.5) is 0 Å². The summed E-state index contributed by atoms with van der Waals surface area (Å²) in [7, 11) is 4.71. The summed E-state index contributed by atoms with van der Waals surface area (Å²) < 4.78 is 1.11. The third kappa shape index (κ3) is 10.8.